The van der Waals surface area contributed by atoms with Crippen molar-refractivity contribution in [3.63, 3.8) is 0 Å². The van der Waals surface area contributed by atoms with Crippen LogP contribution in [0, 0.1) is 0 Å². The number of benzene rings is 1. The molecule has 6 heteroatoms. The van der Waals surface area contributed by atoms with E-state index in [0.717, 1.165) is 11.0 Å². The van der Waals surface area contributed by atoms with Crippen molar-refractivity contribution in [2.45, 2.75) is 0 Å². The molecule has 0 aliphatic rings. The van der Waals surface area contributed by atoms with Crippen LogP contribution in [0.3, 0.4) is 0 Å². The molecule has 0 atom stereocenters. The van der Waals surface area contributed by atoms with Gasteiger partial charge in [0.2, 0.25) is 0 Å². The fraction of sp³-hybridized carbons (Fsp3) is 0. The lowest BCUT2D eigenvalue weighted by atomic mass is 10.3. The van der Waals surface area contributed by atoms with Gasteiger partial charge in [-0.2, -0.15) is 7.82 Å². The van der Waals surface area contributed by atoms with E-state index in [1.807, 2.05) is 30.3 Å². The number of furan rings is 1. The van der Waals surface area contributed by atoms with Crippen LogP contribution >= 0.6 is 7.82 Å². The second-order valence-electron chi connectivity index (χ2n) is 2.41. The summed E-state index contributed by atoms with van der Waals surface area (Å²) in [7, 11) is -5.39. The van der Waals surface area contributed by atoms with Crippen molar-refractivity contribution >= 4 is 18.8 Å². The van der Waals surface area contributed by atoms with Gasteiger partial charge in [-0.25, -0.2) is 0 Å². The summed E-state index contributed by atoms with van der Waals surface area (Å²) in [5, 5.41) is 1.16. The predicted octanol–water partition coefficient (Wildman–Crippen LogP) is -0.392. The summed E-state index contributed by atoms with van der Waals surface area (Å²) in [5.74, 6) is 0. The second kappa shape index (κ2) is 4.39. The molecule has 0 radical (unpaired) electrons. The lowest BCUT2D eigenvalue weighted by Crippen LogP contribution is -2.24. The highest BCUT2D eigenvalue weighted by molar-refractivity contribution is 7.40. The zero-order valence-corrected chi connectivity index (χ0v) is 7.85. The summed E-state index contributed by atoms with van der Waals surface area (Å²) in [4.78, 5) is 25.6. The first-order valence-electron chi connectivity index (χ1n) is 3.62. The molecular formula is C8H6O5P-3. The molecule has 0 unspecified atom stereocenters. The number of rotatable bonds is 0. The molecule has 1 aromatic carbocycles. The van der Waals surface area contributed by atoms with Crippen molar-refractivity contribution in [2.24, 2.45) is 0 Å². The smallest absolute Gasteiger partial charge is 0.133 e. The summed E-state index contributed by atoms with van der Waals surface area (Å²) < 4.78 is 13.7. The molecule has 5 nitrogen and oxygen atoms in total. The minimum atomic E-state index is -5.39. The van der Waals surface area contributed by atoms with Gasteiger partial charge < -0.3 is 23.7 Å². The van der Waals surface area contributed by atoms with Crippen LogP contribution in [0.5, 0.6) is 0 Å². The summed E-state index contributed by atoms with van der Waals surface area (Å²) in [6, 6.07) is 9.90. The normalized spacial score (nSPS) is 10.8. The fourth-order valence-electron chi connectivity index (χ4n) is 0.906. The molecule has 76 valence electrons. The van der Waals surface area contributed by atoms with Gasteiger partial charge in [0.15, 0.2) is 0 Å². The van der Waals surface area contributed by atoms with Crippen molar-refractivity contribution in [3.8, 4) is 0 Å². The maximum Gasteiger partial charge on any atom is 0.133 e. The standard InChI is InChI=1S/C8H6O.H3O4P/c1-2-4-8-7(3-1)5-6-9-8;1-5(2,3)4/h1-6H;(H3,1,2,3,4)/p-3. The Morgan fingerprint density at radius 2 is 1.64 bits per heavy atom. The Hall–Kier alpha value is -1.13. The number of hydrogen-bond donors (Lipinski definition) is 0. The van der Waals surface area contributed by atoms with E-state index in [-0.39, 0.29) is 0 Å². The Morgan fingerprint density at radius 3 is 2.21 bits per heavy atom. The minimum Gasteiger partial charge on any atom is -0.822 e. The van der Waals surface area contributed by atoms with Crippen LogP contribution in [0.4, 0.5) is 0 Å². The first kappa shape index (κ1) is 10.9. The molecule has 0 fully saturated rings. The Bertz CT molecular complexity index is 405. The first-order valence-corrected chi connectivity index (χ1v) is 5.08. The molecule has 0 bridgehead atoms. The van der Waals surface area contributed by atoms with Gasteiger partial charge in [-0.15, -0.1) is 0 Å². The van der Waals surface area contributed by atoms with Crippen LogP contribution in [0.15, 0.2) is 41.0 Å². The predicted molar refractivity (Wildman–Crippen MR) is 43.8 cm³/mol. The molecule has 2 rings (SSSR count). The van der Waals surface area contributed by atoms with E-state index < -0.39 is 7.82 Å². The van der Waals surface area contributed by atoms with Crippen LogP contribution in [-0.2, 0) is 4.57 Å². The van der Waals surface area contributed by atoms with Gasteiger partial charge in [-0.05, 0) is 12.1 Å². The fourth-order valence-corrected chi connectivity index (χ4v) is 0.906. The van der Waals surface area contributed by atoms with Gasteiger partial charge in [0.1, 0.15) is 5.58 Å². The molecule has 0 N–H and O–H groups in total. The maximum absolute atomic E-state index is 8.55. The summed E-state index contributed by atoms with van der Waals surface area (Å²) in [6.45, 7) is 0. The molecule has 0 aliphatic heterocycles. The lowest BCUT2D eigenvalue weighted by molar-refractivity contribution is -0.432. The van der Waals surface area contributed by atoms with E-state index in [4.69, 9.17) is 23.7 Å². The lowest BCUT2D eigenvalue weighted by Gasteiger charge is -2.36. The van der Waals surface area contributed by atoms with Gasteiger partial charge in [0.05, 0.1) is 6.26 Å². The number of fused-ring (bicyclic) bond motifs is 1. The highest BCUT2D eigenvalue weighted by Gasteiger charge is 1.89. The van der Waals surface area contributed by atoms with E-state index in [0.29, 0.717) is 0 Å². The van der Waals surface area contributed by atoms with Crippen LogP contribution in [-0.4, -0.2) is 0 Å². The Morgan fingerprint density at radius 1 is 1.07 bits per heavy atom. The van der Waals surface area contributed by atoms with Crippen LogP contribution < -0.4 is 14.7 Å². The van der Waals surface area contributed by atoms with E-state index in [1.165, 1.54) is 0 Å². The zero-order valence-electron chi connectivity index (χ0n) is 6.95. The van der Waals surface area contributed by atoms with E-state index in [1.54, 1.807) is 6.26 Å². The van der Waals surface area contributed by atoms with Gasteiger partial charge in [0.25, 0.3) is 0 Å². The van der Waals surface area contributed by atoms with Gasteiger partial charge in [-0.3, -0.25) is 0 Å². The maximum atomic E-state index is 8.55. The minimum absolute atomic E-state index is 0.956. The number of hydrogen-bond acceptors (Lipinski definition) is 5. The van der Waals surface area contributed by atoms with Gasteiger partial charge in [0, 0.05) is 5.39 Å². The summed E-state index contributed by atoms with van der Waals surface area (Å²) in [5.41, 5.74) is 0.956. The Labute approximate surface area is 79.8 Å². The Kier molecular flexibility index (Phi) is 3.43. The molecule has 0 spiro atoms. The number of para-hydroxylation sites is 1. The zero-order chi connectivity index (χ0) is 10.6. The summed E-state index contributed by atoms with van der Waals surface area (Å²) in [6.07, 6.45) is 1.70. The van der Waals surface area contributed by atoms with E-state index in [9.17, 15) is 0 Å². The second-order valence-corrected chi connectivity index (χ2v) is 3.30. The topological polar surface area (TPSA) is 99.4 Å². The average molecular weight is 213 g/mol. The van der Waals surface area contributed by atoms with Crippen molar-refractivity contribution in [1.29, 1.82) is 0 Å². The Balaban J connectivity index is 0.000000171. The average Bonchev–Trinajstić information content (AvgIpc) is 2.47. The van der Waals surface area contributed by atoms with E-state index >= 15 is 0 Å². The molecular weight excluding hydrogens is 207 g/mol. The largest absolute Gasteiger partial charge is 0.822 e. The molecule has 0 amide bonds. The SMILES string of the molecule is O=P([O-])([O-])[O-].c1ccc2occc2c1. The van der Waals surface area contributed by atoms with Gasteiger partial charge >= 0.3 is 0 Å². The van der Waals surface area contributed by atoms with E-state index in [2.05, 4.69) is 0 Å². The third kappa shape index (κ3) is 4.20. The molecule has 1 heterocycles. The summed E-state index contributed by atoms with van der Waals surface area (Å²) >= 11 is 0. The first-order chi connectivity index (χ1) is 6.47. The van der Waals surface area contributed by atoms with Crippen molar-refractivity contribution in [2.75, 3.05) is 0 Å². The highest BCUT2D eigenvalue weighted by atomic mass is 31.2. The molecule has 1 aromatic heterocycles. The van der Waals surface area contributed by atoms with Crippen LogP contribution in [0.25, 0.3) is 11.0 Å². The molecule has 2 aromatic rings. The van der Waals surface area contributed by atoms with Crippen molar-refractivity contribution in [1.82, 2.24) is 0 Å². The highest BCUT2D eigenvalue weighted by Crippen LogP contribution is 2.12. The third-order valence-electron chi connectivity index (χ3n) is 1.36. The third-order valence-corrected chi connectivity index (χ3v) is 1.36. The van der Waals surface area contributed by atoms with Crippen molar-refractivity contribution < 1.29 is 23.7 Å². The van der Waals surface area contributed by atoms with Gasteiger partial charge in [-0.1, -0.05) is 18.2 Å². The number of phosphoric acid groups is 1. The van der Waals surface area contributed by atoms with Crippen LogP contribution in [0.2, 0.25) is 0 Å². The molecule has 14 heavy (non-hydrogen) atoms. The van der Waals surface area contributed by atoms with Crippen molar-refractivity contribution in [3.05, 3.63) is 36.6 Å². The monoisotopic (exact) mass is 213 g/mol. The molecule has 0 saturated carbocycles. The molecule has 0 saturated heterocycles. The van der Waals surface area contributed by atoms with Crippen LogP contribution in [0.1, 0.15) is 0 Å². The quantitative estimate of drug-likeness (QED) is 0.554. The molecule has 0 aliphatic carbocycles.